The van der Waals surface area contributed by atoms with Gasteiger partial charge in [0.1, 0.15) is 17.2 Å². The molecule has 0 aliphatic rings. The van der Waals surface area contributed by atoms with Crippen molar-refractivity contribution in [1.82, 2.24) is 30.3 Å². The minimum atomic E-state index is -0.304. The minimum Gasteiger partial charge on any atom is -0.351 e. The highest BCUT2D eigenvalue weighted by Gasteiger charge is 2.14. The molecule has 0 spiro atoms. The summed E-state index contributed by atoms with van der Waals surface area (Å²) in [7, 11) is 0. The Kier molecular flexibility index (Phi) is 5.24. The van der Waals surface area contributed by atoms with Crippen molar-refractivity contribution in [2.75, 3.05) is 5.75 Å². The Bertz CT molecular complexity index is 1100. The lowest BCUT2D eigenvalue weighted by Gasteiger charge is -2.05. The van der Waals surface area contributed by atoms with Gasteiger partial charge in [0, 0.05) is 6.54 Å². The average molecular weight is 394 g/mol. The Morgan fingerprint density at radius 1 is 1.07 bits per heavy atom. The Labute approximate surface area is 164 Å². The van der Waals surface area contributed by atoms with Gasteiger partial charge >= 0.3 is 0 Å². The van der Waals surface area contributed by atoms with Gasteiger partial charge in [0.15, 0.2) is 11.2 Å². The van der Waals surface area contributed by atoms with E-state index in [0.29, 0.717) is 22.7 Å². The molecule has 1 N–H and O–H groups in total. The molecule has 0 saturated heterocycles. The van der Waals surface area contributed by atoms with Crippen molar-refractivity contribution in [3.8, 4) is 5.69 Å². The maximum Gasteiger partial charge on any atom is 0.230 e. The molecule has 4 aromatic rings. The Balaban J connectivity index is 1.43. The Morgan fingerprint density at radius 3 is 2.64 bits per heavy atom. The van der Waals surface area contributed by atoms with Crippen molar-refractivity contribution >= 4 is 28.8 Å². The van der Waals surface area contributed by atoms with Gasteiger partial charge in [-0.1, -0.05) is 47.3 Å². The number of aromatic nitrogens is 5. The summed E-state index contributed by atoms with van der Waals surface area (Å²) >= 11 is 1.27. The lowest BCUT2D eigenvalue weighted by molar-refractivity contribution is -0.118. The summed E-state index contributed by atoms with van der Waals surface area (Å²) in [6, 6.07) is 15.6. The van der Waals surface area contributed by atoms with E-state index in [0.717, 1.165) is 11.3 Å². The molecule has 2 aromatic carbocycles. The first-order valence-corrected chi connectivity index (χ1v) is 9.45. The zero-order valence-corrected chi connectivity index (χ0v) is 15.4. The molecule has 0 atom stereocenters. The number of carbonyl (C=O) groups excluding carboxylic acids is 1. The lowest BCUT2D eigenvalue weighted by atomic mass is 10.2. The van der Waals surface area contributed by atoms with Crippen LogP contribution in [0, 0.1) is 5.82 Å². The second kappa shape index (κ2) is 8.13. The van der Waals surface area contributed by atoms with Crippen LogP contribution in [0.2, 0.25) is 0 Å². The zero-order valence-electron chi connectivity index (χ0n) is 14.6. The third-order valence-electron chi connectivity index (χ3n) is 3.95. The van der Waals surface area contributed by atoms with Crippen LogP contribution >= 0.6 is 11.8 Å². The molecule has 0 aliphatic heterocycles. The van der Waals surface area contributed by atoms with Gasteiger partial charge in [-0.25, -0.2) is 14.4 Å². The predicted octanol–water partition coefficient (Wildman–Crippen LogP) is 2.76. The summed E-state index contributed by atoms with van der Waals surface area (Å²) < 4.78 is 14.6. The molecule has 0 radical (unpaired) electrons. The van der Waals surface area contributed by atoms with E-state index in [1.807, 2.05) is 30.3 Å². The van der Waals surface area contributed by atoms with Gasteiger partial charge in [-0.2, -0.15) is 4.68 Å². The van der Waals surface area contributed by atoms with E-state index < -0.39 is 0 Å². The fourth-order valence-electron chi connectivity index (χ4n) is 2.56. The van der Waals surface area contributed by atoms with Crippen molar-refractivity contribution in [3.05, 3.63) is 72.3 Å². The number of fused-ring (bicyclic) bond motifs is 1. The van der Waals surface area contributed by atoms with Crippen LogP contribution in [0.25, 0.3) is 16.9 Å². The van der Waals surface area contributed by atoms with E-state index in [1.54, 1.807) is 16.8 Å². The maximum absolute atomic E-state index is 12.9. The summed E-state index contributed by atoms with van der Waals surface area (Å²) in [5.74, 6) is -0.288. The molecule has 9 heteroatoms. The third kappa shape index (κ3) is 3.99. The first-order valence-electron chi connectivity index (χ1n) is 8.46. The second-order valence-corrected chi connectivity index (χ2v) is 6.84. The quantitative estimate of drug-likeness (QED) is 0.400. The molecule has 0 unspecified atom stereocenters. The molecule has 4 rings (SSSR count). The van der Waals surface area contributed by atoms with Crippen molar-refractivity contribution in [2.24, 2.45) is 0 Å². The van der Waals surface area contributed by atoms with Gasteiger partial charge in [0.05, 0.1) is 11.4 Å². The first kappa shape index (κ1) is 18.1. The van der Waals surface area contributed by atoms with Gasteiger partial charge in [0.25, 0.3) is 0 Å². The summed E-state index contributed by atoms with van der Waals surface area (Å²) in [4.78, 5) is 20.6. The molecule has 2 heterocycles. The molecule has 2 aromatic heterocycles. The third-order valence-corrected chi connectivity index (χ3v) is 4.93. The van der Waals surface area contributed by atoms with E-state index >= 15 is 0 Å². The van der Waals surface area contributed by atoms with Crippen molar-refractivity contribution in [3.63, 3.8) is 0 Å². The van der Waals surface area contributed by atoms with E-state index in [4.69, 9.17) is 0 Å². The SMILES string of the molecule is O=C(CSc1ncnc2c1nnn2-c1ccccc1)NCc1ccc(F)cc1. The molecule has 140 valence electrons. The monoisotopic (exact) mass is 394 g/mol. The number of carbonyl (C=O) groups is 1. The summed E-state index contributed by atoms with van der Waals surface area (Å²) in [5.41, 5.74) is 2.80. The Hall–Kier alpha value is -3.33. The van der Waals surface area contributed by atoms with Crippen molar-refractivity contribution < 1.29 is 9.18 Å². The molecule has 0 bridgehead atoms. The molecule has 28 heavy (non-hydrogen) atoms. The number of halogens is 1. The number of nitrogens with zero attached hydrogens (tertiary/aromatic N) is 5. The fourth-order valence-corrected chi connectivity index (χ4v) is 3.33. The van der Waals surface area contributed by atoms with E-state index in [9.17, 15) is 9.18 Å². The second-order valence-electron chi connectivity index (χ2n) is 5.88. The number of rotatable bonds is 6. The van der Waals surface area contributed by atoms with Crippen LogP contribution < -0.4 is 5.32 Å². The normalized spacial score (nSPS) is 10.9. The van der Waals surface area contributed by atoms with Crippen LogP contribution in [-0.2, 0) is 11.3 Å². The standard InChI is InChI=1S/C19H15FN6OS/c20-14-8-6-13(7-9-14)10-21-16(27)11-28-19-17-18(22-12-23-19)26(25-24-17)15-4-2-1-3-5-15/h1-9,12H,10-11H2,(H,21,27). The maximum atomic E-state index is 12.9. The summed E-state index contributed by atoms with van der Waals surface area (Å²) in [5, 5.41) is 11.7. The number of benzene rings is 2. The predicted molar refractivity (Wildman–Crippen MR) is 103 cm³/mol. The molecular weight excluding hydrogens is 379 g/mol. The van der Waals surface area contributed by atoms with Crippen LogP contribution in [0.3, 0.4) is 0 Å². The number of hydrogen-bond acceptors (Lipinski definition) is 6. The van der Waals surface area contributed by atoms with Crippen LogP contribution in [-0.4, -0.2) is 36.6 Å². The number of amides is 1. The van der Waals surface area contributed by atoms with Gasteiger partial charge in [0.2, 0.25) is 5.91 Å². The smallest absolute Gasteiger partial charge is 0.230 e. The van der Waals surface area contributed by atoms with Crippen LogP contribution in [0.5, 0.6) is 0 Å². The first-order chi connectivity index (χ1) is 13.7. The van der Waals surface area contributed by atoms with Crippen molar-refractivity contribution in [2.45, 2.75) is 11.6 Å². The van der Waals surface area contributed by atoms with Crippen molar-refractivity contribution in [1.29, 1.82) is 0 Å². The summed E-state index contributed by atoms with van der Waals surface area (Å²) in [6.07, 6.45) is 1.43. The molecule has 1 amide bonds. The number of nitrogens with one attached hydrogen (secondary N) is 1. The lowest BCUT2D eigenvalue weighted by Crippen LogP contribution is -2.24. The fraction of sp³-hybridized carbons (Fsp3) is 0.105. The van der Waals surface area contributed by atoms with E-state index in [1.165, 1.54) is 30.2 Å². The van der Waals surface area contributed by atoms with E-state index in [-0.39, 0.29) is 17.5 Å². The van der Waals surface area contributed by atoms with Gasteiger partial charge in [-0.05, 0) is 29.8 Å². The number of hydrogen-bond donors (Lipinski definition) is 1. The number of thioether (sulfide) groups is 1. The zero-order chi connectivity index (χ0) is 19.3. The van der Waals surface area contributed by atoms with E-state index in [2.05, 4.69) is 25.6 Å². The highest BCUT2D eigenvalue weighted by Crippen LogP contribution is 2.23. The number of para-hydroxylation sites is 1. The highest BCUT2D eigenvalue weighted by molar-refractivity contribution is 8.00. The van der Waals surface area contributed by atoms with Gasteiger partial charge < -0.3 is 5.32 Å². The molecule has 0 aliphatic carbocycles. The van der Waals surface area contributed by atoms with Crippen LogP contribution in [0.15, 0.2) is 66.0 Å². The van der Waals surface area contributed by atoms with Crippen LogP contribution in [0.1, 0.15) is 5.56 Å². The topological polar surface area (TPSA) is 85.6 Å². The minimum absolute atomic E-state index is 0.156. The molecule has 0 saturated carbocycles. The highest BCUT2D eigenvalue weighted by atomic mass is 32.2. The average Bonchev–Trinajstić information content (AvgIpc) is 3.17. The molecule has 7 nitrogen and oxygen atoms in total. The Morgan fingerprint density at radius 2 is 1.86 bits per heavy atom. The van der Waals surface area contributed by atoms with Crippen LogP contribution in [0.4, 0.5) is 4.39 Å². The van der Waals surface area contributed by atoms with Gasteiger partial charge in [-0.3, -0.25) is 4.79 Å². The molecule has 0 fully saturated rings. The largest absolute Gasteiger partial charge is 0.351 e. The van der Waals surface area contributed by atoms with Gasteiger partial charge in [-0.15, -0.1) is 5.10 Å². The summed E-state index contributed by atoms with van der Waals surface area (Å²) in [6.45, 7) is 0.336. The molecular formula is C19H15FN6OS.